The number of benzene rings is 7. The molecule has 1 N–H and O–H groups in total. The maximum atomic E-state index is 12.8. The molecular formula is C66H69N3O. The Bertz CT molecular complexity index is 3720. The van der Waals surface area contributed by atoms with Gasteiger partial charge in [-0.25, -0.2) is 4.98 Å². The van der Waals surface area contributed by atoms with E-state index in [9.17, 15) is 10.6 Å². The van der Waals surface area contributed by atoms with Gasteiger partial charge in [-0.3, -0.25) is 9.55 Å². The maximum Gasteiger partial charge on any atom is 0.149 e. The molecule has 2 aromatic heterocycles. The van der Waals surface area contributed by atoms with Crippen molar-refractivity contribution in [3.05, 3.63) is 192 Å². The highest BCUT2D eigenvalue weighted by Gasteiger charge is 2.31. The van der Waals surface area contributed by atoms with Gasteiger partial charge in [0.25, 0.3) is 0 Å². The van der Waals surface area contributed by atoms with E-state index >= 15 is 0 Å². The fourth-order valence-electron chi connectivity index (χ4n) is 9.37. The summed E-state index contributed by atoms with van der Waals surface area (Å²) >= 11 is 0. The van der Waals surface area contributed by atoms with Gasteiger partial charge in [0, 0.05) is 22.9 Å². The largest absolute Gasteiger partial charge is 0.507 e. The van der Waals surface area contributed by atoms with E-state index in [-0.39, 0.29) is 51.6 Å². The fraction of sp³-hybridized carbons (Fsp3) is 0.273. The lowest BCUT2D eigenvalue weighted by molar-refractivity contribution is 0.446. The molecule has 0 unspecified atom stereocenters. The SMILES string of the molecule is [2H]c1c([2H])c([2H])c(-c2c([2H])c(-c3cc(-c4ccc(C(C)(C)C)cc4)ccn3)cc(-c3cccc4c3nc(-c3cc(C(C)(C)C)cc(C(C)(C)C)c3O)n4-c3c(C(C)C)cc(-c4ccccc4)cc3C(C)C)c2[2H])c([2H])c1[2H]. The zero-order valence-electron chi connectivity index (χ0n) is 50.0. The van der Waals surface area contributed by atoms with Crippen molar-refractivity contribution in [2.75, 3.05) is 0 Å². The molecule has 4 nitrogen and oxygen atoms in total. The first-order valence-corrected chi connectivity index (χ1v) is 24.5. The zero-order chi connectivity index (χ0) is 56.0. The second-order valence-corrected chi connectivity index (χ2v) is 22.4. The summed E-state index contributed by atoms with van der Waals surface area (Å²) in [5.41, 5.74) is 12.1. The second kappa shape index (κ2) is 18.4. The van der Waals surface area contributed by atoms with Crippen LogP contribution < -0.4 is 0 Å². The van der Waals surface area contributed by atoms with Gasteiger partial charge in [0.15, 0.2) is 0 Å². The number of para-hydroxylation sites is 1. The van der Waals surface area contributed by atoms with E-state index in [0.29, 0.717) is 44.8 Å². The quantitative estimate of drug-likeness (QED) is 0.157. The third-order valence-electron chi connectivity index (χ3n) is 13.4. The van der Waals surface area contributed by atoms with E-state index in [4.69, 9.17) is 14.1 Å². The molecule has 0 amide bonds. The van der Waals surface area contributed by atoms with Gasteiger partial charge in [-0.05, 0) is 144 Å². The zero-order valence-corrected chi connectivity index (χ0v) is 43.0. The summed E-state index contributed by atoms with van der Waals surface area (Å²) in [6, 6.07) is 35.6. The number of phenols is 1. The van der Waals surface area contributed by atoms with Crippen molar-refractivity contribution in [3.8, 4) is 78.6 Å². The highest BCUT2D eigenvalue weighted by atomic mass is 16.3. The van der Waals surface area contributed by atoms with Gasteiger partial charge in [0.2, 0.25) is 0 Å². The van der Waals surface area contributed by atoms with Crippen LogP contribution in [0.15, 0.2) is 164 Å². The Kier molecular flexibility index (Phi) is 10.4. The van der Waals surface area contributed by atoms with E-state index in [1.165, 1.54) is 5.56 Å². The number of hydrogen-bond acceptors (Lipinski definition) is 3. The molecule has 0 fully saturated rings. The standard InChI is InChI=1S/C66H69N3O/c1-41(2)54-36-48(44-23-18-15-19-24-44)37-55(42(3)4)61(54)69-59-26-20-25-53(60(59)68-63(69)56-39-52(65(8,9)10)40-57(62(56)70)66(11,12)13)49-33-47(43-21-16-14-17-22-43)34-50(35-49)58-38-46(31-32-67-58)45-27-29-51(30-28-45)64(5,6)7/h14-42,70H,1-13H3/i14D,16D,17D,21D,22D,33D,34D. The van der Waals surface area contributed by atoms with Crippen molar-refractivity contribution in [1.29, 1.82) is 0 Å². The molecule has 0 bridgehead atoms. The Morgan fingerprint density at radius 1 is 0.514 bits per heavy atom. The average Bonchev–Trinajstić information content (AvgIpc) is 3.87. The Balaban J connectivity index is 1.43. The molecule has 0 atom stereocenters. The van der Waals surface area contributed by atoms with Crippen molar-refractivity contribution in [1.82, 2.24) is 14.5 Å². The number of aromatic nitrogens is 3. The smallest absolute Gasteiger partial charge is 0.149 e. The predicted molar refractivity (Wildman–Crippen MR) is 297 cm³/mol. The van der Waals surface area contributed by atoms with E-state index in [1.54, 1.807) is 12.3 Å². The Morgan fingerprint density at radius 2 is 1.14 bits per heavy atom. The van der Waals surface area contributed by atoms with Crippen molar-refractivity contribution < 1.29 is 14.7 Å². The van der Waals surface area contributed by atoms with Crippen LogP contribution in [0.2, 0.25) is 0 Å². The van der Waals surface area contributed by atoms with E-state index in [1.807, 2.05) is 36.4 Å². The lowest BCUT2D eigenvalue weighted by Gasteiger charge is -2.28. The fourth-order valence-corrected chi connectivity index (χ4v) is 9.37. The summed E-state index contributed by atoms with van der Waals surface area (Å²) in [6.07, 6.45) is 1.68. The lowest BCUT2D eigenvalue weighted by Crippen LogP contribution is -2.17. The average molecular weight is 927 g/mol. The van der Waals surface area contributed by atoms with Crippen LogP contribution in [0.25, 0.3) is 83.9 Å². The number of hydrogen-bond donors (Lipinski definition) is 1. The molecule has 70 heavy (non-hydrogen) atoms. The molecule has 9 rings (SSSR count). The molecule has 0 aliphatic carbocycles. The number of pyridine rings is 1. The van der Waals surface area contributed by atoms with Gasteiger partial charge in [-0.2, -0.15) is 0 Å². The Hall–Kier alpha value is -7.04. The van der Waals surface area contributed by atoms with Crippen LogP contribution in [0.4, 0.5) is 0 Å². The highest BCUT2D eigenvalue weighted by molar-refractivity contribution is 5.98. The van der Waals surface area contributed by atoms with Gasteiger partial charge in [-0.1, -0.05) is 193 Å². The van der Waals surface area contributed by atoms with Crippen molar-refractivity contribution in [3.63, 3.8) is 0 Å². The number of rotatable bonds is 9. The van der Waals surface area contributed by atoms with Crippen LogP contribution in [0.1, 0.15) is 139 Å². The molecule has 2 heterocycles. The van der Waals surface area contributed by atoms with Gasteiger partial charge in [0.05, 0.1) is 37.6 Å². The second-order valence-electron chi connectivity index (χ2n) is 22.4. The normalized spacial score (nSPS) is 13.8. The third-order valence-corrected chi connectivity index (χ3v) is 13.4. The van der Waals surface area contributed by atoms with Crippen molar-refractivity contribution in [2.45, 2.75) is 118 Å². The van der Waals surface area contributed by atoms with Crippen LogP contribution in [0, 0.1) is 0 Å². The third kappa shape index (κ3) is 9.37. The van der Waals surface area contributed by atoms with E-state index < -0.39 is 35.6 Å². The maximum absolute atomic E-state index is 12.8. The first-order chi connectivity index (χ1) is 36.1. The summed E-state index contributed by atoms with van der Waals surface area (Å²) in [4.78, 5) is 10.5. The number of phenolic OH excluding ortho intramolecular Hbond substituents is 1. The molecule has 0 aliphatic rings. The van der Waals surface area contributed by atoms with Crippen LogP contribution in [0.5, 0.6) is 5.75 Å². The summed E-state index contributed by atoms with van der Waals surface area (Å²) in [7, 11) is 0. The monoisotopic (exact) mass is 927 g/mol. The molecule has 9 aromatic rings. The van der Waals surface area contributed by atoms with Crippen LogP contribution in [0.3, 0.4) is 0 Å². The number of imidazole rings is 1. The van der Waals surface area contributed by atoms with E-state index in [0.717, 1.165) is 50.2 Å². The molecule has 0 spiro atoms. The number of nitrogens with zero attached hydrogens (tertiary/aromatic N) is 3. The topological polar surface area (TPSA) is 50.9 Å². The molecular weight excluding hydrogens is 851 g/mol. The van der Waals surface area contributed by atoms with Crippen LogP contribution in [-0.2, 0) is 16.2 Å². The van der Waals surface area contributed by atoms with Crippen LogP contribution >= 0.6 is 0 Å². The minimum Gasteiger partial charge on any atom is -0.507 e. The summed E-state index contributed by atoms with van der Waals surface area (Å²) in [5.74, 6) is 0.682. The highest BCUT2D eigenvalue weighted by Crippen LogP contribution is 2.47. The van der Waals surface area contributed by atoms with Crippen molar-refractivity contribution >= 4 is 11.0 Å². The van der Waals surface area contributed by atoms with Crippen LogP contribution in [-0.4, -0.2) is 19.6 Å². The van der Waals surface area contributed by atoms with Crippen molar-refractivity contribution in [2.24, 2.45) is 0 Å². The Labute approximate surface area is 427 Å². The molecule has 354 valence electrons. The van der Waals surface area contributed by atoms with Gasteiger partial charge in [0.1, 0.15) is 11.6 Å². The van der Waals surface area contributed by atoms with E-state index in [2.05, 4.69) is 167 Å². The molecule has 0 aliphatic heterocycles. The van der Waals surface area contributed by atoms with Gasteiger partial charge < -0.3 is 5.11 Å². The molecule has 7 aromatic carbocycles. The summed E-state index contributed by atoms with van der Waals surface area (Å²) < 4.78 is 66.7. The van der Waals surface area contributed by atoms with Gasteiger partial charge in [-0.15, -0.1) is 0 Å². The van der Waals surface area contributed by atoms with Gasteiger partial charge >= 0.3 is 0 Å². The molecule has 4 heteroatoms. The molecule has 0 saturated carbocycles. The predicted octanol–water partition coefficient (Wildman–Crippen LogP) is 18.3. The number of aromatic hydroxyl groups is 1. The summed E-state index contributed by atoms with van der Waals surface area (Å²) in [5, 5.41) is 12.8. The number of fused-ring (bicyclic) bond motifs is 1. The Morgan fingerprint density at radius 3 is 1.76 bits per heavy atom. The first-order valence-electron chi connectivity index (χ1n) is 28.0. The first kappa shape index (κ1) is 39.8. The lowest BCUT2D eigenvalue weighted by atomic mass is 9.78. The minimum atomic E-state index is -0.570. The molecule has 0 radical (unpaired) electrons. The summed E-state index contributed by atoms with van der Waals surface area (Å²) in [6.45, 7) is 28.1. The molecule has 0 saturated heterocycles. The minimum absolute atomic E-state index is 0.0330.